The average Bonchev–Trinajstić information content (AvgIpc) is 1.87. The summed E-state index contributed by atoms with van der Waals surface area (Å²) in [4.78, 5) is 0.436. The van der Waals surface area contributed by atoms with E-state index in [0.29, 0.717) is 4.99 Å². The van der Waals surface area contributed by atoms with Crippen molar-refractivity contribution in [1.29, 1.82) is 0 Å². The molecule has 0 aliphatic heterocycles. The molecule has 2 atom stereocenters. The van der Waals surface area contributed by atoms with Crippen molar-refractivity contribution in [3.05, 3.63) is 0 Å². The maximum atomic E-state index is 8.64. The topological polar surface area (TPSA) is 78.5 Å². The second-order valence-electron chi connectivity index (χ2n) is 2.50. The molecule has 4 nitrogen and oxygen atoms in total. The van der Waals surface area contributed by atoms with Gasteiger partial charge in [0.15, 0.2) is 0 Å². The van der Waals surface area contributed by atoms with E-state index in [1.54, 1.807) is 13.8 Å². The van der Waals surface area contributed by atoms with Gasteiger partial charge in [0, 0.05) is 0 Å². The van der Waals surface area contributed by atoms with Crippen molar-refractivity contribution in [3.8, 4) is 0 Å². The molecule has 0 saturated heterocycles. The summed E-state index contributed by atoms with van der Waals surface area (Å²) in [6.45, 7) is 3.34. The smallest absolute Gasteiger partial charge is 0.426 e. The highest BCUT2D eigenvalue weighted by atomic mass is 32.1. The van der Waals surface area contributed by atoms with Crippen LogP contribution in [0.4, 0.5) is 0 Å². The number of nitrogens with one attached hydrogen (secondary N) is 1. The Bertz CT molecular complexity index is 142. The molecule has 0 bridgehead atoms. The van der Waals surface area contributed by atoms with Crippen molar-refractivity contribution in [2.75, 3.05) is 0 Å². The van der Waals surface area contributed by atoms with E-state index in [4.69, 9.17) is 28.0 Å². The molecule has 0 saturated carbocycles. The summed E-state index contributed by atoms with van der Waals surface area (Å²) in [7, 11) is -1.41. The van der Waals surface area contributed by atoms with E-state index in [1.807, 2.05) is 0 Å². The van der Waals surface area contributed by atoms with Crippen LogP contribution in [0.25, 0.3) is 0 Å². The van der Waals surface area contributed by atoms with Crippen molar-refractivity contribution in [2.24, 2.45) is 5.73 Å². The van der Waals surface area contributed by atoms with Crippen LogP contribution in [0.3, 0.4) is 0 Å². The molecule has 0 aliphatic carbocycles. The maximum absolute atomic E-state index is 8.64. The Morgan fingerprint density at radius 2 is 2.00 bits per heavy atom. The first-order chi connectivity index (χ1) is 4.95. The number of rotatable bonds is 3. The second-order valence-corrected chi connectivity index (χ2v) is 2.94. The zero-order valence-corrected chi connectivity index (χ0v) is 7.43. The monoisotopic (exact) mass is 176 g/mol. The third-order valence-corrected chi connectivity index (χ3v) is 1.72. The van der Waals surface area contributed by atoms with Gasteiger partial charge in [-0.2, -0.15) is 0 Å². The molecule has 6 heteroatoms. The van der Waals surface area contributed by atoms with Gasteiger partial charge < -0.3 is 21.1 Å². The first-order valence-electron chi connectivity index (χ1n) is 3.37. The fraction of sp³-hybridized carbons (Fsp3) is 0.800. The van der Waals surface area contributed by atoms with Crippen LogP contribution in [-0.2, 0) is 0 Å². The minimum absolute atomic E-state index is 0.258. The van der Waals surface area contributed by atoms with Gasteiger partial charge in [0.1, 0.15) is 0 Å². The molecule has 0 fully saturated rings. The highest BCUT2D eigenvalue weighted by Crippen LogP contribution is 1.87. The molecule has 0 aromatic carbocycles. The lowest BCUT2D eigenvalue weighted by molar-refractivity contribution is 0.385. The van der Waals surface area contributed by atoms with Crippen molar-refractivity contribution in [1.82, 2.24) is 5.32 Å². The molecular weight excluding hydrogens is 163 g/mol. The summed E-state index contributed by atoms with van der Waals surface area (Å²) < 4.78 is 0. The predicted molar refractivity (Wildman–Crippen MR) is 49.0 cm³/mol. The first kappa shape index (κ1) is 10.8. The van der Waals surface area contributed by atoms with E-state index in [0.717, 1.165) is 0 Å². The molecule has 0 radical (unpaired) electrons. The molecule has 0 heterocycles. The molecule has 0 unspecified atom stereocenters. The minimum Gasteiger partial charge on any atom is -0.426 e. The fourth-order valence-corrected chi connectivity index (χ4v) is 0.616. The molecule has 0 aliphatic rings. The summed E-state index contributed by atoms with van der Waals surface area (Å²) in [6.07, 6.45) is 0. The van der Waals surface area contributed by atoms with Crippen LogP contribution >= 0.6 is 12.2 Å². The lowest BCUT2D eigenvalue weighted by Gasteiger charge is -2.16. The van der Waals surface area contributed by atoms with Gasteiger partial charge in [-0.3, -0.25) is 0 Å². The van der Waals surface area contributed by atoms with Crippen LogP contribution in [0, 0.1) is 0 Å². The minimum atomic E-state index is -1.41. The van der Waals surface area contributed by atoms with E-state index in [1.165, 1.54) is 0 Å². The van der Waals surface area contributed by atoms with Crippen molar-refractivity contribution in [2.45, 2.75) is 25.8 Å². The normalized spacial score (nSPS) is 15.4. The van der Waals surface area contributed by atoms with Crippen LogP contribution in [0.1, 0.15) is 13.8 Å². The van der Waals surface area contributed by atoms with Crippen molar-refractivity contribution in [3.63, 3.8) is 0 Å². The standard InChI is InChI=1S/C5H13BN2O2S/c1-3(7)5(11)8-4(2)6(9)10/h3-4,9-10H,7H2,1-2H3,(H,8,11)/t3-,4-/m0/s1. The van der Waals surface area contributed by atoms with E-state index in [2.05, 4.69) is 5.32 Å². The number of thiocarbonyl (C=S) groups is 1. The van der Waals surface area contributed by atoms with Crippen LogP contribution in [-0.4, -0.2) is 34.1 Å². The van der Waals surface area contributed by atoms with Gasteiger partial charge in [-0.15, -0.1) is 0 Å². The van der Waals surface area contributed by atoms with Gasteiger partial charge in [-0.1, -0.05) is 12.2 Å². The highest BCUT2D eigenvalue weighted by molar-refractivity contribution is 7.80. The number of nitrogens with two attached hydrogens (primary N) is 1. The van der Waals surface area contributed by atoms with Gasteiger partial charge in [-0.25, -0.2) is 0 Å². The third-order valence-electron chi connectivity index (χ3n) is 1.23. The zero-order valence-electron chi connectivity index (χ0n) is 6.61. The van der Waals surface area contributed by atoms with Crippen LogP contribution in [0.5, 0.6) is 0 Å². The molecule has 0 aromatic rings. The SMILES string of the molecule is C[C@H](NC(=S)[C@H](C)N)B(O)O. The molecule has 0 amide bonds. The molecule has 64 valence electrons. The fourth-order valence-electron chi connectivity index (χ4n) is 0.430. The zero-order chi connectivity index (χ0) is 9.02. The van der Waals surface area contributed by atoms with E-state index >= 15 is 0 Å². The number of hydrogen-bond donors (Lipinski definition) is 4. The quantitative estimate of drug-likeness (QED) is 0.316. The molecular formula is C5H13BN2O2S. The van der Waals surface area contributed by atoms with Crippen LogP contribution < -0.4 is 11.1 Å². The van der Waals surface area contributed by atoms with Gasteiger partial charge in [0.05, 0.1) is 17.0 Å². The van der Waals surface area contributed by atoms with E-state index in [-0.39, 0.29) is 6.04 Å². The first-order valence-corrected chi connectivity index (χ1v) is 3.78. The Morgan fingerprint density at radius 3 is 2.27 bits per heavy atom. The second kappa shape index (κ2) is 4.66. The van der Waals surface area contributed by atoms with Gasteiger partial charge in [0.25, 0.3) is 0 Å². The summed E-state index contributed by atoms with van der Waals surface area (Å²) >= 11 is 4.82. The van der Waals surface area contributed by atoms with E-state index < -0.39 is 13.1 Å². The Labute approximate surface area is 71.9 Å². The lowest BCUT2D eigenvalue weighted by atomic mass is 9.81. The Kier molecular flexibility index (Phi) is 4.59. The van der Waals surface area contributed by atoms with Gasteiger partial charge >= 0.3 is 7.12 Å². The van der Waals surface area contributed by atoms with Crippen molar-refractivity contribution >= 4 is 24.3 Å². The number of hydrogen-bond acceptors (Lipinski definition) is 4. The summed E-state index contributed by atoms with van der Waals surface area (Å²) in [5, 5.41) is 20.0. The molecule has 11 heavy (non-hydrogen) atoms. The Morgan fingerprint density at radius 1 is 1.55 bits per heavy atom. The van der Waals surface area contributed by atoms with Crippen LogP contribution in [0.2, 0.25) is 0 Å². The average molecular weight is 176 g/mol. The van der Waals surface area contributed by atoms with Gasteiger partial charge in [0.2, 0.25) is 0 Å². The molecule has 0 aromatic heterocycles. The van der Waals surface area contributed by atoms with Crippen molar-refractivity contribution < 1.29 is 10.0 Å². The Hall–Kier alpha value is -0.165. The Balaban J connectivity index is 3.76. The third kappa shape index (κ3) is 4.31. The maximum Gasteiger partial charge on any atom is 0.475 e. The summed E-state index contributed by atoms with van der Waals surface area (Å²) in [5.41, 5.74) is 5.42. The molecule has 5 N–H and O–H groups in total. The molecule has 0 spiro atoms. The summed E-state index contributed by atoms with van der Waals surface area (Å²) in [6, 6.07) is -0.258. The highest BCUT2D eigenvalue weighted by Gasteiger charge is 2.19. The lowest BCUT2D eigenvalue weighted by Crippen LogP contribution is -2.48. The summed E-state index contributed by atoms with van der Waals surface area (Å²) in [5.74, 6) is -0.478. The van der Waals surface area contributed by atoms with Crippen LogP contribution in [0.15, 0.2) is 0 Å². The predicted octanol–water partition coefficient (Wildman–Crippen LogP) is -1.35. The van der Waals surface area contributed by atoms with Gasteiger partial charge in [-0.05, 0) is 13.8 Å². The van der Waals surface area contributed by atoms with E-state index in [9.17, 15) is 0 Å². The molecule has 0 rings (SSSR count). The largest absolute Gasteiger partial charge is 0.475 e.